The Bertz CT molecular complexity index is 1220. The van der Waals surface area contributed by atoms with Crippen molar-refractivity contribution in [3.8, 4) is 5.69 Å². The van der Waals surface area contributed by atoms with Crippen LogP contribution in [-0.2, 0) is 21.2 Å². The van der Waals surface area contributed by atoms with Gasteiger partial charge in [0.25, 0.3) is 10.0 Å². The number of benzene rings is 2. The molecular weight excluding hydrogens is 400 g/mol. The predicted molar refractivity (Wildman–Crippen MR) is 108 cm³/mol. The van der Waals surface area contributed by atoms with E-state index in [4.69, 9.17) is 11.6 Å². The smallest absolute Gasteiger partial charge is 0.263 e. The van der Waals surface area contributed by atoms with E-state index in [9.17, 15) is 13.2 Å². The van der Waals surface area contributed by atoms with Gasteiger partial charge >= 0.3 is 0 Å². The second-order valence-electron chi connectivity index (χ2n) is 6.66. The first-order chi connectivity index (χ1) is 13.2. The Morgan fingerprint density at radius 3 is 2.68 bits per heavy atom. The third-order valence-electron chi connectivity index (χ3n) is 4.42. The van der Waals surface area contributed by atoms with Crippen molar-refractivity contribution in [3.05, 3.63) is 64.4 Å². The molecule has 3 aromatic rings. The molecule has 0 bridgehead atoms. The van der Waals surface area contributed by atoms with Crippen molar-refractivity contribution in [1.82, 2.24) is 9.78 Å². The van der Waals surface area contributed by atoms with Crippen LogP contribution in [0.15, 0.2) is 47.4 Å². The van der Waals surface area contributed by atoms with Gasteiger partial charge in [0, 0.05) is 11.4 Å². The number of aryl methyl sites for hydroxylation is 2. The van der Waals surface area contributed by atoms with E-state index < -0.39 is 10.0 Å². The lowest BCUT2D eigenvalue weighted by molar-refractivity contribution is -0.115. The summed E-state index contributed by atoms with van der Waals surface area (Å²) in [6.45, 7) is 3.82. The fourth-order valence-corrected chi connectivity index (χ4v) is 4.86. The molecule has 2 N–H and O–H groups in total. The van der Waals surface area contributed by atoms with E-state index in [2.05, 4.69) is 15.1 Å². The first-order valence-corrected chi connectivity index (χ1v) is 10.4. The van der Waals surface area contributed by atoms with Crippen LogP contribution < -0.4 is 10.0 Å². The molecule has 0 spiro atoms. The number of amides is 1. The Morgan fingerprint density at radius 1 is 1.18 bits per heavy atom. The molecule has 1 aromatic heterocycles. The summed E-state index contributed by atoms with van der Waals surface area (Å²) in [5.74, 6) is -0.189. The van der Waals surface area contributed by atoms with Gasteiger partial charge in [-0.15, -0.1) is 0 Å². The maximum Gasteiger partial charge on any atom is 0.263 e. The first kappa shape index (κ1) is 18.5. The zero-order valence-corrected chi connectivity index (χ0v) is 16.7. The molecule has 28 heavy (non-hydrogen) atoms. The number of nitrogens with zero attached hydrogens (tertiary/aromatic N) is 2. The van der Waals surface area contributed by atoms with Gasteiger partial charge in [0.1, 0.15) is 4.90 Å². The quantitative estimate of drug-likeness (QED) is 0.681. The first-order valence-electron chi connectivity index (χ1n) is 8.52. The van der Waals surface area contributed by atoms with Crippen molar-refractivity contribution in [1.29, 1.82) is 0 Å². The Kier molecular flexibility index (Phi) is 4.40. The molecule has 1 aliphatic rings. The molecule has 0 saturated heterocycles. The normalized spacial score (nSPS) is 13.3. The summed E-state index contributed by atoms with van der Waals surface area (Å²) in [6, 6.07) is 11.8. The fraction of sp³-hybridized carbons (Fsp3) is 0.158. The molecule has 7 nitrogen and oxygen atoms in total. The zero-order chi connectivity index (χ0) is 20.1. The molecule has 0 unspecified atom stereocenters. The number of anilines is 2. The summed E-state index contributed by atoms with van der Waals surface area (Å²) in [4.78, 5) is 11.5. The van der Waals surface area contributed by atoms with Crippen LogP contribution in [0, 0.1) is 13.8 Å². The summed E-state index contributed by atoms with van der Waals surface area (Å²) >= 11 is 6.17. The number of rotatable bonds is 4. The van der Waals surface area contributed by atoms with Gasteiger partial charge < -0.3 is 5.32 Å². The van der Waals surface area contributed by atoms with E-state index >= 15 is 0 Å². The number of aromatic nitrogens is 2. The van der Waals surface area contributed by atoms with Gasteiger partial charge in [-0.3, -0.25) is 9.52 Å². The van der Waals surface area contributed by atoms with Crippen LogP contribution in [0.25, 0.3) is 5.69 Å². The van der Waals surface area contributed by atoms with Crippen LogP contribution in [0.2, 0.25) is 5.02 Å². The highest BCUT2D eigenvalue weighted by Crippen LogP contribution is 2.33. The van der Waals surface area contributed by atoms with Crippen molar-refractivity contribution in [2.24, 2.45) is 0 Å². The lowest BCUT2D eigenvalue weighted by Crippen LogP contribution is -2.14. The summed E-state index contributed by atoms with van der Waals surface area (Å²) in [5, 5.41) is 7.11. The highest BCUT2D eigenvalue weighted by molar-refractivity contribution is 7.92. The molecule has 2 heterocycles. The Balaban J connectivity index is 1.68. The molecule has 1 aliphatic heterocycles. The van der Waals surface area contributed by atoms with E-state index in [0.29, 0.717) is 16.9 Å². The standard InChI is InChI=1S/C19H17ClN4O3S/c1-11-6-12(2)24(22-11)15-5-3-4-14(9-15)23-28(26,27)18-7-13-8-19(25)21-17(13)10-16(18)20/h3-7,9-10,23H,8H2,1-2H3,(H,21,25). The third kappa shape index (κ3) is 3.36. The number of fused-ring (bicyclic) bond motifs is 1. The minimum Gasteiger partial charge on any atom is -0.325 e. The summed E-state index contributed by atoms with van der Waals surface area (Å²) in [6.07, 6.45) is 0.127. The molecule has 0 fully saturated rings. The number of hydrogen-bond acceptors (Lipinski definition) is 4. The highest BCUT2D eigenvalue weighted by Gasteiger charge is 2.25. The topological polar surface area (TPSA) is 93.1 Å². The lowest BCUT2D eigenvalue weighted by atomic mass is 10.2. The van der Waals surface area contributed by atoms with Gasteiger partial charge in [-0.25, -0.2) is 13.1 Å². The van der Waals surface area contributed by atoms with Crippen LogP contribution >= 0.6 is 11.6 Å². The highest BCUT2D eigenvalue weighted by atomic mass is 35.5. The second kappa shape index (κ2) is 6.65. The molecule has 0 radical (unpaired) electrons. The number of carbonyl (C=O) groups excluding carboxylic acids is 1. The number of nitrogens with one attached hydrogen (secondary N) is 2. The lowest BCUT2D eigenvalue weighted by Gasteiger charge is -2.12. The van der Waals surface area contributed by atoms with Gasteiger partial charge in [0.15, 0.2) is 0 Å². The van der Waals surface area contributed by atoms with Crippen LogP contribution in [-0.4, -0.2) is 24.1 Å². The van der Waals surface area contributed by atoms with Crippen molar-refractivity contribution in [2.75, 3.05) is 10.0 Å². The minimum atomic E-state index is -3.94. The van der Waals surface area contributed by atoms with Crippen molar-refractivity contribution < 1.29 is 13.2 Å². The minimum absolute atomic E-state index is 0.0446. The van der Waals surface area contributed by atoms with Crippen molar-refractivity contribution in [2.45, 2.75) is 25.2 Å². The number of hydrogen-bond donors (Lipinski definition) is 2. The number of carbonyl (C=O) groups is 1. The van der Waals surface area contributed by atoms with E-state index in [-0.39, 0.29) is 22.2 Å². The summed E-state index contributed by atoms with van der Waals surface area (Å²) in [5.41, 5.74) is 4.08. The molecule has 0 saturated carbocycles. The van der Waals surface area contributed by atoms with E-state index in [0.717, 1.165) is 17.1 Å². The fourth-order valence-electron chi connectivity index (χ4n) is 3.23. The Morgan fingerprint density at radius 2 is 1.96 bits per heavy atom. The van der Waals surface area contributed by atoms with Crippen LogP contribution in [0.3, 0.4) is 0 Å². The molecule has 9 heteroatoms. The largest absolute Gasteiger partial charge is 0.325 e. The molecule has 0 atom stereocenters. The molecule has 1 amide bonds. The van der Waals surface area contributed by atoms with Gasteiger partial charge in [-0.05, 0) is 55.8 Å². The summed E-state index contributed by atoms with van der Waals surface area (Å²) in [7, 11) is -3.94. The van der Waals surface area contributed by atoms with Crippen LogP contribution in [0.5, 0.6) is 0 Å². The van der Waals surface area contributed by atoms with E-state index in [1.165, 1.54) is 12.1 Å². The van der Waals surface area contributed by atoms with Gasteiger partial charge in [-0.2, -0.15) is 5.10 Å². The molecule has 4 rings (SSSR count). The average molecular weight is 417 g/mol. The zero-order valence-electron chi connectivity index (χ0n) is 15.2. The molecule has 0 aliphatic carbocycles. The van der Waals surface area contributed by atoms with Gasteiger partial charge in [0.05, 0.1) is 28.5 Å². The molecule has 144 valence electrons. The van der Waals surface area contributed by atoms with E-state index in [1.54, 1.807) is 22.9 Å². The maximum atomic E-state index is 12.9. The maximum absolute atomic E-state index is 12.9. The van der Waals surface area contributed by atoms with Crippen LogP contribution in [0.4, 0.5) is 11.4 Å². The number of halogens is 1. The van der Waals surface area contributed by atoms with Crippen molar-refractivity contribution in [3.63, 3.8) is 0 Å². The number of sulfonamides is 1. The Hall–Kier alpha value is -2.84. The summed E-state index contributed by atoms with van der Waals surface area (Å²) < 4.78 is 30.1. The van der Waals surface area contributed by atoms with Crippen LogP contribution in [0.1, 0.15) is 17.0 Å². The average Bonchev–Trinajstić information content (AvgIpc) is 3.14. The molecule has 2 aromatic carbocycles. The third-order valence-corrected chi connectivity index (χ3v) is 6.27. The second-order valence-corrected chi connectivity index (χ2v) is 8.72. The SMILES string of the molecule is Cc1cc(C)n(-c2cccc(NS(=O)(=O)c3cc4c(cc3Cl)NC(=O)C4)c2)n1. The van der Waals surface area contributed by atoms with Gasteiger partial charge in [0.2, 0.25) is 5.91 Å². The predicted octanol–water partition coefficient (Wildman–Crippen LogP) is 3.44. The van der Waals surface area contributed by atoms with E-state index in [1.807, 2.05) is 26.0 Å². The molecular formula is C19H17ClN4O3S. The van der Waals surface area contributed by atoms with Crippen molar-refractivity contribution >= 4 is 38.9 Å². The Labute approximate surface area is 167 Å². The monoisotopic (exact) mass is 416 g/mol. The van der Waals surface area contributed by atoms with Gasteiger partial charge in [-0.1, -0.05) is 17.7 Å².